The van der Waals surface area contributed by atoms with Crippen molar-refractivity contribution < 1.29 is 19.1 Å². The van der Waals surface area contributed by atoms with Gasteiger partial charge in [-0.2, -0.15) is 0 Å². The number of nitrogens with one attached hydrogen (secondary N) is 2. The number of nitrogens with zero attached hydrogens (tertiary/aromatic N) is 1. The average molecular weight is 596 g/mol. The number of ether oxygens (including phenoxy) is 1. The van der Waals surface area contributed by atoms with E-state index in [0.717, 1.165) is 39.3 Å². The van der Waals surface area contributed by atoms with Crippen molar-refractivity contribution in [1.29, 1.82) is 0 Å². The second kappa shape index (κ2) is 12.5. The number of rotatable bonds is 7. The minimum absolute atomic E-state index is 0.00348. The molecule has 43 heavy (non-hydrogen) atoms. The molecule has 0 bridgehead atoms. The Balaban J connectivity index is 1.37. The maximum absolute atomic E-state index is 13.7. The molecule has 7 nitrogen and oxygen atoms in total. The fourth-order valence-electron chi connectivity index (χ4n) is 5.43. The third-order valence-electron chi connectivity index (χ3n) is 8.16. The minimum Gasteiger partial charge on any atom is -0.452 e. The van der Waals surface area contributed by atoms with Crippen molar-refractivity contribution in [2.45, 2.75) is 47.5 Å². The van der Waals surface area contributed by atoms with Gasteiger partial charge in [0.2, 0.25) is 5.91 Å². The molecule has 222 valence electrons. The Kier molecular flexibility index (Phi) is 8.78. The van der Waals surface area contributed by atoms with Gasteiger partial charge < -0.3 is 15.4 Å². The Hall–Kier alpha value is -4.30. The summed E-state index contributed by atoms with van der Waals surface area (Å²) < 4.78 is 5.58. The van der Waals surface area contributed by atoms with E-state index in [1.807, 2.05) is 67.8 Å². The lowest BCUT2D eigenvalue weighted by Gasteiger charge is -2.36. The number of carbonyl (C=O) groups excluding carboxylic acids is 3. The van der Waals surface area contributed by atoms with Crippen LogP contribution in [0.15, 0.2) is 60.0 Å². The summed E-state index contributed by atoms with van der Waals surface area (Å²) in [5.74, 6) is -1.21. The Labute approximate surface area is 256 Å². The van der Waals surface area contributed by atoms with Crippen molar-refractivity contribution in [3.05, 3.63) is 92.8 Å². The van der Waals surface area contributed by atoms with E-state index in [-0.39, 0.29) is 23.8 Å². The highest BCUT2D eigenvalue weighted by Crippen LogP contribution is 2.45. The number of hydrogen-bond acceptors (Lipinski definition) is 6. The van der Waals surface area contributed by atoms with Crippen molar-refractivity contribution in [3.63, 3.8) is 0 Å². The summed E-state index contributed by atoms with van der Waals surface area (Å²) >= 11 is 1.66. The highest BCUT2D eigenvalue weighted by atomic mass is 32.1. The van der Waals surface area contributed by atoms with E-state index in [1.165, 1.54) is 0 Å². The van der Waals surface area contributed by atoms with Crippen LogP contribution >= 0.6 is 11.3 Å². The lowest BCUT2D eigenvalue weighted by Crippen LogP contribution is -2.36. The molecule has 0 aliphatic heterocycles. The smallest absolute Gasteiger partial charge is 0.339 e. The molecule has 2 aromatic heterocycles. The van der Waals surface area contributed by atoms with E-state index < -0.39 is 18.5 Å². The first-order chi connectivity index (χ1) is 20.5. The number of carbonyl (C=O) groups is 3. The van der Waals surface area contributed by atoms with Crippen LogP contribution in [0.4, 0.5) is 5.69 Å². The van der Waals surface area contributed by atoms with Gasteiger partial charge in [-0.1, -0.05) is 57.2 Å². The molecule has 2 amide bonds. The van der Waals surface area contributed by atoms with E-state index >= 15 is 0 Å². The summed E-state index contributed by atoms with van der Waals surface area (Å²) in [7, 11) is 0. The molecule has 8 heteroatoms. The van der Waals surface area contributed by atoms with Gasteiger partial charge in [-0.25, -0.2) is 9.78 Å². The summed E-state index contributed by atoms with van der Waals surface area (Å²) in [6.45, 7) is 9.82. The quantitative estimate of drug-likeness (QED) is 0.225. The summed E-state index contributed by atoms with van der Waals surface area (Å²) in [4.78, 5) is 45.0. The van der Waals surface area contributed by atoms with Gasteiger partial charge >= 0.3 is 5.97 Å². The summed E-state index contributed by atoms with van der Waals surface area (Å²) in [6, 6.07) is 17.3. The SMILES string of the molecule is Cc1cccc(NC(=O)CNC(=O)COC(=O)c2c3c(nc4ccccc24)/C(=C\c2cccs2)CC(C(C)(C)C)C3)c1C. The summed E-state index contributed by atoms with van der Waals surface area (Å²) in [6.07, 6.45) is 3.70. The van der Waals surface area contributed by atoms with Gasteiger partial charge in [0, 0.05) is 16.0 Å². The molecule has 0 saturated carbocycles. The lowest BCUT2D eigenvalue weighted by molar-refractivity contribution is -0.126. The van der Waals surface area contributed by atoms with Crippen LogP contribution in [0.1, 0.15) is 64.8 Å². The topological polar surface area (TPSA) is 97.4 Å². The number of allylic oxidation sites excluding steroid dienone is 1. The van der Waals surface area contributed by atoms with Crippen LogP contribution in [-0.2, 0) is 20.7 Å². The Bertz CT molecular complexity index is 1720. The molecule has 4 aromatic rings. The van der Waals surface area contributed by atoms with Gasteiger partial charge in [-0.05, 0) is 89.9 Å². The van der Waals surface area contributed by atoms with Gasteiger partial charge in [-0.3, -0.25) is 9.59 Å². The molecule has 0 spiro atoms. The van der Waals surface area contributed by atoms with E-state index in [4.69, 9.17) is 9.72 Å². The zero-order valence-corrected chi connectivity index (χ0v) is 26.1. The van der Waals surface area contributed by atoms with Gasteiger partial charge in [-0.15, -0.1) is 11.3 Å². The molecule has 2 aromatic carbocycles. The van der Waals surface area contributed by atoms with Crippen LogP contribution in [0.5, 0.6) is 0 Å². The number of pyridine rings is 1. The largest absolute Gasteiger partial charge is 0.452 e. The van der Waals surface area contributed by atoms with E-state index in [2.05, 4.69) is 43.5 Å². The van der Waals surface area contributed by atoms with Gasteiger partial charge in [0.05, 0.1) is 23.3 Å². The number of aromatic nitrogens is 1. The first kappa shape index (κ1) is 30.2. The normalized spacial score (nSPS) is 15.7. The summed E-state index contributed by atoms with van der Waals surface area (Å²) in [5.41, 5.74) is 6.62. The molecule has 1 unspecified atom stereocenters. The molecule has 0 radical (unpaired) electrons. The van der Waals surface area contributed by atoms with E-state index in [0.29, 0.717) is 28.6 Å². The van der Waals surface area contributed by atoms with Crippen molar-refractivity contribution in [2.75, 3.05) is 18.5 Å². The molecular weight excluding hydrogens is 558 g/mol. The number of benzene rings is 2. The first-order valence-corrected chi connectivity index (χ1v) is 15.3. The fraction of sp³-hybridized carbons (Fsp3) is 0.314. The van der Waals surface area contributed by atoms with Gasteiger partial charge in [0.1, 0.15) is 0 Å². The maximum atomic E-state index is 13.7. The maximum Gasteiger partial charge on any atom is 0.339 e. The van der Waals surface area contributed by atoms with Crippen LogP contribution in [0.3, 0.4) is 0 Å². The van der Waals surface area contributed by atoms with E-state index in [9.17, 15) is 14.4 Å². The number of para-hydroxylation sites is 1. The molecule has 5 rings (SSSR count). The number of aryl methyl sites for hydroxylation is 1. The highest BCUT2D eigenvalue weighted by Gasteiger charge is 2.35. The number of hydrogen-bond donors (Lipinski definition) is 2. The summed E-state index contributed by atoms with van der Waals surface area (Å²) in [5, 5.41) is 8.11. The molecule has 0 fully saturated rings. The van der Waals surface area contributed by atoms with Crippen LogP contribution in [-0.4, -0.2) is 35.9 Å². The number of fused-ring (bicyclic) bond motifs is 2. The second-order valence-corrected chi connectivity index (χ2v) is 13.1. The zero-order valence-electron chi connectivity index (χ0n) is 25.2. The number of amides is 2. The molecule has 1 aliphatic rings. The third-order valence-corrected chi connectivity index (χ3v) is 8.98. The van der Waals surface area contributed by atoms with Gasteiger partial charge in [0.15, 0.2) is 6.61 Å². The monoisotopic (exact) mass is 595 g/mol. The molecule has 2 N–H and O–H groups in total. The average Bonchev–Trinajstić information content (AvgIpc) is 3.48. The van der Waals surface area contributed by atoms with Crippen LogP contribution < -0.4 is 10.6 Å². The Morgan fingerprint density at radius 1 is 1.00 bits per heavy atom. The van der Waals surface area contributed by atoms with Crippen molar-refractivity contribution >= 4 is 57.4 Å². The molecule has 2 heterocycles. The Morgan fingerprint density at radius 3 is 2.53 bits per heavy atom. The predicted octanol–water partition coefficient (Wildman–Crippen LogP) is 6.97. The highest BCUT2D eigenvalue weighted by molar-refractivity contribution is 7.10. The minimum atomic E-state index is -0.574. The van der Waals surface area contributed by atoms with Crippen molar-refractivity contribution in [3.8, 4) is 0 Å². The molecule has 1 atom stereocenters. The standard InChI is InChI=1S/C35H37N3O4S/c1-21-10-8-14-28(22(21)2)37-30(39)19-36-31(40)20-42-34(41)32-26-12-6-7-13-29(26)38-33-23(17-25-11-9-15-43-25)16-24(18-27(32)33)35(3,4)5/h6-15,17,24H,16,18-20H2,1-5H3,(H,36,40)(H,37,39)/b23-17-. The van der Waals surface area contributed by atoms with E-state index in [1.54, 1.807) is 11.3 Å². The molecule has 1 aliphatic carbocycles. The van der Waals surface area contributed by atoms with Crippen LogP contribution in [0, 0.1) is 25.2 Å². The fourth-order valence-corrected chi connectivity index (χ4v) is 6.11. The first-order valence-electron chi connectivity index (χ1n) is 14.5. The van der Waals surface area contributed by atoms with Crippen molar-refractivity contribution in [2.24, 2.45) is 11.3 Å². The number of anilines is 1. The van der Waals surface area contributed by atoms with Crippen molar-refractivity contribution in [1.82, 2.24) is 10.3 Å². The predicted molar refractivity (Wildman–Crippen MR) is 173 cm³/mol. The zero-order chi connectivity index (χ0) is 30.7. The number of esters is 1. The van der Waals surface area contributed by atoms with Gasteiger partial charge in [0.25, 0.3) is 5.91 Å². The second-order valence-electron chi connectivity index (χ2n) is 12.1. The lowest BCUT2D eigenvalue weighted by atomic mass is 9.69. The van der Waals surface area contributed by atoms with Crippen LogP contribution in [0.2, 0.25) is 0 Å². The Morgan fingerprint density at radius 2 is 1.79 bits per heavy atom. The third kappa shape index (κ3) is 6.86. The number of thiophene rings is 1. The molecular formula is C35H37N3O4S. The molecule has 0 saturated heterocycles. The van der Waals surface area contributed by atoms with Crippen LogP contribution in [0.25, 0.3) is 22.6 Å².